The minimum Gasteiger partial charge on any atom is -0.289 e. The Labute approximate surface area is 103 Å². The maximum absolute atomic E-state index is 11.3. The molecular weight excluding hydrogens is 236 g/mol. The van der Waals surface area contributed by atoms with Gasteiger partial charge in [-0.25, -0.2) is 4.98 Å². The summed E-state index contributed by atoms with van der Waals surface area (Å²) in [6.45, 7) is 3.86. The van der Waals surface area contributed by atoms with Crippen LogP contribution in [0, 0.1) is 22.7 Å². The Kier molecular flexibility index (Phi) is 4.38. The van der Waals surface area contributed by atoms with Crippen molar-refractivity contribution in [2.75, 3.05) is 11.4 Å². The topological polar surface area (TPSA) is 80.8 Å². The fourth-order valence-electron chi connectivity index (χ4n) is 1.20. The molecule has 1 aromatic rings. The van der Waals surface area contributed by atoms with Crippen molar-refractivity contribution >= 4 is 28.5 Å². The van der Waals surface area contributed by atoms with Crippen molar-refractivity contribution in [3.63, 3.8) is 0 Å². The van der Waals surface area contributed by atoms with Gasteiger partial charge in [-0.15, -0.1) is 11.3 Å². The van der Waals surface area contributed by atoms with E-state index >= 15 is 0 Å². The lowest BCUT2D eigenvalue weighted by molar-refractivity contribution is -0.116. The number of allylic oxidation sites excluding steroid dienone is 1. The SMILES string of the molecule is CCN(C(C)=O)c1nc(C=C(C#N)C#N)cs1. The van der Waals surface area contributed by atoms with E-state index in [0.717, 1.165) is 0 Å². The van der Waals surface area contributed by atoms with Crippen molar-refractivity contribution in [3.05, 3.63) is 16.6 Å². The molecule has 1 amide bonds. The minimum absolute atomic E-state index is 0.00674. The molecule has 0 unspecified atom stereocenters. The van der Waals surface area contributed by atoms with E-state index in [-0.39, 0.29) is 11.5 Å². The number of carbonyl (C=O) groups is 1. The van der Waals surface area contributed by atoms with Crippen molar-refractivity contribution < 1.29 is 4.79 Å². The van der Waals surface area contributed by atoms with Gasteiger partial charge in [0, 0.05) is 18.8 Å². The highest BCUT2D eigenvalue weighted by molar-refractivity contribution is 7.14. The Balaban J connectivity index is 3.01. The fraction of sp³-hybridized carbons (Fsp3) is 0.273. The second-order valence-corrected chi connectivity index (χ2v) is 3.94. The van der Waals surface area contributed by atoms with Crippen LogP contribution in [-0.2, 0) is 4.79 Å². The molecule has 0 N–H and O–H groups in total. The lowest BCUT2D eigenvalue weighted by Crippen LogP contribution is -2.27. The summed E-state index contributed by atoms with van der Waals surface area (Å²) in [6, 6.07) is 3.52. The molecule has 1 aromatic heterocycles. The average Bonchev–Trinajstić information content (AvgIpc) is 2.74. The second kappa shape index (κ2) is 5.78. The quantitative estimate of drug-likeness (QED) is 0.763. The number of nitriles is 2. The van der Waals surface area contributed by atoms with Crippen molar-refractivity contribution in [3.8, 4) is 12.1 Å². The summed E-state index contributed by atoms with van der Waals surface area (Å²) >= 11 is 1.30. The summed E-state index contributed by atoms with van der Waals surface area (Å²) in [5.41, 5.74) is 0.510. The molecule has 5 nitrogen and oxygen atoms in total. The number of hydrogen-bond donors (Lipinski definition) is 0. The van der Waals surface area contributed by atoms with Crippen molar-refractivity contribution in [2.45, 2.75) is 13.8 Å². The van der Waals surface area contributed by atoms with Gasteiger partial charge >= 0.3 is 0 Å². The lowest BCUT2D eigenvalue weighted by Gasteiger charge is -2.14. The van der Waals surface area contributed by atoms with E-state index in [2.05, 4.69) is 4.98 Å². The Morgan fingerprint density at radius 2 is 2.24 bits per heavy atom. The summed E-state index contributed by atoms with van der Waals surface area (Å²) in [5, 5.41) is 19.5. The van der Waals surface area contributed by atoms with E-state index in [9.17, 15) is 4.79 Å². The van der Waals surface area contributed by atoms with E-state index in [0.29, 0.717) is 17.4 Å². The van der Waals surface area contributed by atoms with Crippen LogP contribution in [-0.4, -0.2) is 17.4 Å². The standard InChI is InChI=1S/C11H10N4OS/c1-3-15(8(2)16)11-14-10(7-17-11)4-9(5-12)6-13/h4,7H,3H2,1-2H3. The first-order valence-corrected chi connectivity index (χ1v) is 5.75. The number of aromatic nitrogens is 1. The summed E-state index contributed by atoms with van der Waals surface area (Å²) < 4.78 is 0. The first-order valence-electron chi connectivity index (χ1n) is 4.87. The van der Waals surface area contributed by atoms with Crippen LogP contribution in [0.25, 0.3) is 6.08 Å². The number of anilines is 1. The van der Waals surface area contributed by atoms with Crippen LogP contribution in [0.2, 0.25) is 0 Å². The maximum Gasteiger partial charge on any atom is 0.225 e. The smallest absolute Gasteiger partial charge is 0.225 e. The Morgan fingerprint density at radius 3 is 2.71 bits per heavy atom. The summed E-state index contributed by atoms with van der Waals surface area (Å²) in [5.74, 6) is -0.0850. The summed E-state index contributed by atoms with van der Waals surface area (Å²) in [4.78, 5) is 17.0. The molecular formula is C11H10N4OS. The van der Waals surface area contributed by atoms with Crippen LogP contribution in [0.15, 0.2) is 11.0 Å². The highest BCUT2D eigenvalue weighted by Gasteiger charge is 2.12. The van der Waals surface area contributed by atoms with Crippen LogP contribution in [0.3, 0.4) is 0 Å². The van der Waals surface area contributed by atoms with Gasteiger partial charge in [-0.1, -0.05) is 0 Å². The lowest BCUT2D eigenvalue weighted by atomic mass is 10.3. The second-order valence-electron chi connectivity index (χ2n) is 3.10. The third-order valence-electron chi connectivity index (χ3n) is 1.97. The van der Waals surface area contributed by atoms with Gasteiger partial charge in [0.1, 0.15) is 17.7 Å². The molecule has 1 heterocycles. The van der Waals surface area contributed by atoms with Crippen LogP contribution in [0.4, 0.5) is 5.13 Å². The fourth-order valence-corrected chi connectivity index (χ4v) is 2.09. The molecule has 0 aromatic carbocycles. The molecule has 1 rings (SSSR count). The third kappa shape index (κ3) is 3.13. The molecule has 0 spiro atoms. The number of thiazole rings is 1. The van der Waals surface area contributed by atoms with Crippen molar-refractivity contribution in [1.29, 1.82) is 10.5 Å². The third-order valence-corrected chi connectivity index (χ3v) is 2.85. The molecule has 0 saturated heterocycles. The molecule has 0 fully saturated rings. The van der Waals surface area contributed by atoms with Crippen molar-refractivity contribution in [2.24, 2.45) is 0 Å². The largest absolute Gasteiger partial charge is 0.289 e. The molecule has 17 heavy (non-hydrogen) atoms. The molecule has 0 atom stereocenters. The molecule has 86 valence electrons. The highest BCUT2D eigenvalue weighted by atomic mass is 32.1. The van der Waals surface area contributed by atoms with Crippen molar-refractivity contribution in [1.82, 2.24) is 4.98 Å². The summed E-state index contributed by atoms with van der Waals surface area (Å²) in [6.07, 6.45) is 1.40. The predicted molar refractivity (Wildman–Crippen MR) is 65.0 cm³/mol. The average molecular weight is 246 g/mol. The number of nitrogens with zero attached hydrogens (tertiary/aromatic N) is 4. The monoisotopic (exact) mass is 246 g/mol. The number of hydrogen-bond acceptors (Lipinski definition) is 5. The zero-order valence-electron chi connectivity index (χ0n) is 9.47. The van der Waals surface area contributed by atoms with Gasteiger partial charge in [-0.3, -0.25) is 9.69 Å². The number of amides is 1. The first kappa shape index (κ1) is 12.9. The van der Waals surface area contributed by atoms with Gasteiger partial charge in [0.2, 0.25) is 5.91 Å². The number of carbonyl (C=O) groups excluding carboxylic acids is 1. The molecule has 0 aliphatic heterocycles. The zero-order valence-corrected chi connectivity index (χ0v) is 10.3. The number of rotatable bonds is 3. The van der Waals surface area contributed by atoms with E-state index in [4.69, 9.17) is 10.5 Å². The molecule has 0 aliphatic rings. The summed E-state index contributed by atoms with van der Waals surface area (Å²) in [7, 11) is 0. The predicted octanol–water partition coefficient (Wildman–Crippen LogP) is 1.95. The van der Waals surface area contributed by atoms with Gasteiger partial charge in [-0.2, -0.15) is 10.5 Å². The molecule has 0 saturated carbocycles. The minimum atomic E-state index is -0.0850. The molecule has 0 radical (unpaired) electrons. The van der Waals surface area contributed by atoms with E-state index in [1.165, 1.54) is 29.2 Å². The van der Waals surface area contributed by atoms with Crippen LogP contribution in [0.1, 0.15) is 19.5 Å². The van der Waals surface area contributed by atoms with Gasteiger partial charge in [-0.05, 0) is 13.0 Å². The highest BCUT2D eigenvalue weighted by Crippen LogP contribution is 2.21. The Morgan fingerprint density at radius 1 is 1.59 bits per heavy atom. The van der Waals surface area contributed by atoms with Gasteiger partial charge in [0.25, 0.3) is 0 Å². The van der Waals surface area contributed by atoms with Crippen LogP contribution < -0.4 is 4.90 Å². The molecule has 6 heteroatoms. The maximum atomic E-state index is 11.3. The first-order chi connectivity index (χ1) is 8.12. The van der Waals surface area contributed by atoms with Crippen LogP contribution >= 0.6 is 11.3 Å². The van der Waals surface area contributed by atoms with E-state index < -0.39 is 0 Å². The normalized spacial score (nSPS) is 8.94. The van der Waals surface area contributed by atoms with E-state index in [1.54, 1.807) is 17.5 Å². The van der Waals surface area contributed by atoms with E-state index in [1.807, 2.05) is 6.92 Å². The molecule has 0 bridgehead atoms. The van der Waals surface area contributed by atoms with Gasteiger partial charge < -0.3 is 0 Å². The Bertz CT molecular complexity index is 516. The van der Waals surface area contributed by atoms with Crippen LogP contribution in [0.5, 0.6) is 0 Å². The zero-order chi connectivity index (χ0) is 12.8. The van der Waals surface area contributed by atoms with Gasteiger partial charge in [0.05, 0.1) is 5.69 Å². The Hall–Kier alpha value is -2.18. The molecule has 0 aliphatic carbocycles. The van der Waals surface area contributed by atoms with Gasteiger partial charge in [0.15, 0.2) is 5.13 Å².